The van der Waals surface area contributed by atoms with Gasteiger partial charge in [0.2, 0.25) is 0 Å². The first-order chi connectivity index (χ1) is 17.0. The highest BCUT2D eigenvalue weighted by molar-refractivity contribution is 6.31. The highest BCUT2D eigenvalue weighted by atomic mass is 16.8. The maximum Gasteiger partial charge on any atom is 0.421 e. The van der Waals surface area contributed by atoms with Crippen LogP contribution in [0.25, 0.3) is 0 Å². The van der Waals surface area contributed by atoms with E-state index in [0.717, 1.165) is 31.6 Å². The van der Waals surface area contributed by atoms with Gasteiger partial charge in [0.1, 0.15) is 5.75 Å². The molecular formula is C27H32N2O6. The van der Waals surface area contributed by atoms with Gasteiger partial charge in [-0.3, -0.25) is 4.79 Å². The molecule has 0 bridgehead atoms. The number of nitrogens with zero attached hydrogens (tertiary/aromatic N) is 1. The molecule has 2 aromatic rings. The Morgan fingerprint density at radius 2 is 1.69 bits per heavy atom. The second kappa shape index (κ2) is 10.2. The number of ether oxygens (including phenoxy) is 3. The summed E-state index contributed by atoms with van der Waals surface area (Å²) in [5.74, 6) is -1.66. The lowest BCUT2D eigenvalue weighted by Crippen LogP contribution is -2.55. The van der Waals surface area contributed by atoms with Gasteiger partial charge < -0.3 is 19.2 Å². The van der Waals surface area contributed by atoms with E-state index in [-0.39, 0.29) is 18.0 Å². The van der Waals surface area contributed by atoms with Crippen molar-refractivity contribution >= 4 is 11.9 Å². The summed E-state index contributed by atoms with van der Waals surface area (Å²) < 4.78 is 17.2. The number of H-pyrrole nitrogens is 1. The molecular weight excluding hydrogens is 448 g/mol. The van der Waals surface area contributed by atoms with E-state index in [0.29, 0.717) is 24.4 Å². The predicted octanol–water partition coefficient (Wildman–Crippen LogP) is 3.54. The monoisotopic (exact) mass is 480 g/mol. The standard InChI is InChI=1S/C27H32N2O6/c30-24-22(9-5-14-28-24)17-29-15-13-19(16-27(29)34-25(31)26(32)35-27)11-12-21-8-3-4-10-23(21)33-18-20-6-1-2-7-20/h3-5,8-10,14,19-20H,1-2,6-7,11-13,15-18H2,(H,28,30). The zero-order chi connectivity index (χ0) is 24.3. The van der Waals surface area contributed by atoms with E-state index >= 15 is 0 Å². The van der Waals surface area contributed by atoms with Crippen LogP contribution in [0, 0.1) is 11.8 Å². The Labute approximate surface area is 204 Å². The van der Waals surface area contributed by atoms with Crippen molar-refractivity contribution in [2.75, 3.05) is 13.2 Å². The molecule has 1 spiro atoms. The average molecular weight is 481 g/mol. The Morgan fingerprint density at radius 3 is 2.46 bits per heavy atom. The maximum atomic E-state index is 12.2. The average Bonchev–Trinajstić information content (AvgIpc) is 3.47. The number of carbonyl (C=O) groups is 2. The molecule has 1 aliphatic carbocycles. The molecule has 1 unspecified atom stereocenters. The number of benzene rings is 1. The molecule has 1 saturated carbocycles. The number of para-hydroxylation sites is 1. The number of nitrogens with one attached hydrogen (secondary N) is 1. The summed E-state index contributed by atoms with van der Waals surface area (Å²) >= 11 is 0. The first-order valence-electron chi connectivity index (χ1n) is 12.6. The van der Waals surface area contributed by atoms with Crippen LogP contribution in [0.4, 0.5) is 0 Å². The summed E-state index contributed by atoms with van der Waals surface area (Å²) in [6, 6.07) is 11.6. The van der Waals surface area contributed by atoms with Crippen molar-refractivity contribution in [3.05, 3.63) is 64.1 Å². The Balaban J connectivity index is 1.25. The normalized spacial score (nSPS) is 22.3. The lowest BCUT2D eigenvalue weighted by Gasteiger charge is -2.43. The van der Waals surface area contributed by atoms with E-state index in [4.69, 9.17) is 14.2 Å². The third-order valence-corrected chi connectivity index (χ3v) is 7.51. The number of likely N-dealkylation sites (tertiary alicyclic amines) is 1. The van der Waals surface area contributed by atoms with Gasteiger partial charge in [0.25, 0.3) is 5.56 Å². The fraction of sp³-hybridized carbons (Fsp3) is 0.519. The van der Waals surface area contributed by atoms with Gasteiger partial charge in [-0.05, 0) is 61.6 Å². The minimum Gasteiger partial charge on any atom is -0.493 e. The van der Waals surface area contributed by atoms with Gasteiger partial charge in [0, 0.05) is 31.3 Å². The number of aromatic nitrogens is 1. The van der Waals surface area contributed by atoms with Crippen LogP contribution in [0.5, 0.6) is 5.75 Å². The lowest BCUT2D eigenvalue weighted by molar-refractivity contribution is -0.274. The zero-order valence-electron chi connectivity index (χ0n) is 19.9. The smallest absolute Gasteiger partial charge is 0.421 e. The second-order valence-electron chi connectivity index (χ2n) is 9.90. The van der Waals surface area contributed by atoms with E-state index < -0.39 is 17.8 Å². The number of carbonyl (C=O) groups excluding carboxylic acids is 2. The van der Waals surface area contributed by atoms with Crippen molar-refractivity contribution < 1.29 is 23.8 Å². The van der Waals surface area contributed by atoms with E-state index in [9.17, 15) is 14.4 Å². The molecule has 1 aromatic carbocycles. The van der Waals surface area contributed by atoms with Crippen LogP contribution in [0.3, 0.4) is 0 Å². The topological polar surface area (TPSA) is 97.9 Å². The molecule has 8 nitrogen and oxygen atoms in total. The summed E-state index contributed by atoms with van der Waals surface area (Å²) in [4.78, 5) is 40.7. The molecule has 8 heteroatoms. The summed E-state index contributed by atoms with van der Waals surface area (Å²) in [5, 5.41) is 0. The Morgan fingerprint density at radius 1 is 0.943 bits per heavy atom. The fourth-order valence-electron chi connectivity index (χ4n) is 5.54. The van der Waals surface area contributed by atoms with Crippen LogP contribution in [0.15, 0.2) is 47.4 Å². The SMILES string of the molecule is O=C1OC2(CC(CCc3ccccc3OCC3CCCC3)CCN2Cc2ccc[nH]c2=O)OC1=O. The Bertz CT molecular complexity index is 1110. The third kappa shape index (κ3) is 5.27. The highest BCUT2D eigenvalue weighted by Crippen LogP contribution is 2.40. The molecule has 5 rings (SSSR count). The lowest BCUT2D eigenvalue weighted by atomic mass is 9.88. The van der Waals surface area contributed by atoms with Crippen LogP contribution in [-0.4, -0.2) is 40.9 Å². The van der Waals surface area contributed by atoms with E-state index in [1.54, 1.807) is 23.2 Å². The Kier molecular flexibility index (Phi) is 6.90. The first-order valence-corrected chi connectivity index (χ1v) is 12.6. The summed E-state index contributed by atoms with van der Waals surface area (Å²) in [5.41, 5.74) is 1.48. The highest BCUT2D eigenvalue weighted by Gasteiger charge is 2.55. The van der Waals surface area contributed by atoms with Crippen LogP contribution in [0.2, 0.25) is 0 Å². The van der Waals surface area contributed by atoms with Crippen molar-refractivity contribution in [1.29, 1.82) is 0 Å². The number of hydrogen-bond donors (Lipinski definition) is 1. The zero-order valence-corrected chi connectivity index (χ0v) is 19.9. The molecule has 3 fully saturated rings. The van der Waals surface area contributed by atoms with Crippen LogP contribution >= 0.6 is 0 Å². The van der Waals surface area contributed by atoms with Crippen molar-refractivity contribution in [1.82, 2.24) is 9.88 Å². The molecule has 2 saturated heterocycles. The van der Waals surface area contributed by atoms with Gasteiger partial charge in [-0.2, -0.15) is 0 Å². The number of pyridine rings is 1. The van der Waals surface area contributed by atoms with Crippen molar-refractivity contribution in [2.45, 2.75) is 63.8 Å². The number of hydrogen-bond acceptors (Lipinski definition) is 7. The Hall–Kier alpha value is -3.13. The predicted molar refractivity (Wildman–Crippen MR) is 127 cm³/mol. The van der Waals surface area contributed by atoms with Gasteiger partial charge in [-0.15, -0.1) is 0 Å². The largest absolute Gasteiger partial charge is 0.493 e. The summed E-state index contributed by atoms with van der Waals surface area (Å²) in [7, 11) is 0. The number of esters is 2. The first kappa shape index (κ1) is 23.6. The van der Waals surface area contributed by atoms with Crippen molar-refractivity contribution in [3.8, 4) is 5.75 Å². The molecule has 1 aromatic heterocycles. The molecule has 3 heterocycles. The molecule has 2 aliphatic heterocycles. The molecule has 0 amide bonds. The minimum absolute atomic E-state index is 0.182. The molecule has 3 aliphatic rings. The van der Waals surface area contributed by atoms with Crippen molar-refractivity contribution in [2.24, 2.45) is 11.8 Å². The summed E-state index contributed by atoms with van der Waals surface area (Å²) in [6.45, 7) is 1.53. The van der Waals surface area contributed by atoms with Crippen LogP contribution < -0.4 is 10.3 Å². The minimum atomic E-state index is -1.46. The van der Waals surface area contributed by atoms with Gasteiger partial charge in [0.05, 0.1) is 6.61 Å². The maximum absolute atomic E-state index is 12.2. The van der Waals surface area contributed by atoms with E-state index in [1.165, 1.54) is 31.2 Å². The number of aryl methyl sites for hydroxylation is 1. The quantitative estimate of drug-likeness (QED) is 0.456. The van der Waals surface area contributed by atoms with Gasteiger partial charge >= 0.3 is 17.8 Å². The van der Waals surface area contributed by atoms with Gasteiger partial charge in [0.15, 0.2) is 0 Å². The fourth-order valence-corrected chi connectivity index (χ4v) is 5.54. The molecule has 1 atom stereocenters. The number of aromatic amines is 1. The van der Waals surface area contributed by atoms with Gasteiger partial charge in [-0.1, -0.05) is 37.1 Å². The second-order valence-corrected chi connectivity index (χ2v) is 9.90. The number of piperidine rings is 1. The van der Waals surface area contributed by atoms with Gasteiger partial charge in [-0.25, -0.2) is 14.5 Å². The van der Waals surface area contributed by atoms with Crippen LogP contribution in [-0.2, 0) is 32.0 Å². The molecule has 186 valence electrons. The molecule has 0 radical (unpaired) electrons. The van der Waals surface area contributed by atoms with E-state index in [2.05, 4.69) is 11.1 Å². The van der Waals surface area contributed by atoms with Crippen molar-refractivity contribution in [3.63, 3.8) is 0 Å². The van der Waals surface area contributed by atoms with Crippen LogP contribution in [0.1, 0.15) is 56.1 Å². The summed E-state index contributed by atoms with van der Waals surface area (Å²) in [6.07, 6.45) is 9.53. The third-order valence-electron chi connectivity index (χ3n) is 7.51. The van der Waals surface area contributed by atoms with E-state index in [1.807, 2.05) is 18.2 Å². The molecule has 1 N–H and O–H groups in total. The molecule has 35 heavy (non-hydrogen) atoms. The number of rotatable bonds is 8.